The molecule has 6 heteroatoms. The summed E-state index contributed by atoms with van der Waals surface area (Å²) in [6.07, 6.45) is 0.235. The van der Waals surface area contributed by atoms with Crippen molar-refractivity contribution in [1.29, 1.82) is 0 Å². The molecule has 0 amide bonds. The van der Waals surface area contributed by atoms with Crippen LogP contribution in [0.4, 0.5) is 4.39 Å². The van der Waals surface area contributed by atoms with Crippen molar-refractivity contribution in [1.82, 2.24) is 0 Å². The van der Waals surface area contributed by atoms with E-state index in [1.54, 1.807) is 19.1 Å². The summed E-state index contributed by atoms with van der Waals surface area (Å²) in [6.45, 7) is 1.75. The Morgan fingerprint density at radius 1 is 1.44 bits per heavy atom. The number of halogens is 2. The highest BCUT2D eigenvalue weighted by molar-refractivity contribution is 8.13. The van der Waals surface area contributed by atoms with Gasteiger partial charge in [-0.05, 0) is 25.0 Å². The van der Waals surface area contributed by atoms with Crippen molar-refractivity contribution in [2.45, 2.75) is 13.3 Å². The van der Waals surface area contributed by atoms with Gasteiger partial charge in [0.05, 0.1) is 12.4 Å². The second-order valence-corrected chi connectivity index (χ2v) is 6.23. The van der Waals surface area contributed by atoms with E-state index in [-0.39, 0.29) is 24.5 Å². The molecule has 0 N–H and O–H groups in total. The monoisotopic (exact) mass is 266 g/mol. The van der Waals surface area contributed by atoms with E-state index >= 15 is 0 Å². The zero-order valence-corrected chi connectivity index (χ0v) is 10.3. The van der Waals surface area contributed by atoms with Crippen molar-refractivity contribution < 1.29 is 17.5 Å². The standard InChI is InChI=1S/C10H12ClFO3S/c1-8-4-2-5-9(10(8)12)15-6-3-7-16(11,13)14/h2,4-5H,3,6-7H2,1H3. The lowest BCUT2D eigenvalue weighted by molar-refractivity contribution is 0.301. The number of ether oxygens (including phenoxy) is 1. The molecule has 1 aromatic rings. The van der Waals surface area contributed by atoms with Crippen LogP contribution in [-0.2, 0) is 9.05 Å². The van der Waals surface area contributed by atoms with Crippen LogP contribution in [0, 0.1) is 12.7 Å². The Hall–Kier alpha value is -0.810. The molecule has 1 aromatic carbocycles. The van der Waals surface area contributed by atoms with Crippen LogP contribution < -0.4 is 4.74 Å². The van der Waals surface area contributed by atoms with Gasteiger partial charge in [-0.15, -0.1) is 0 Å². The van der Waals surface area contributed by atoms with Crippen LogP contribution in [0.15, 0.2) is 18.2 Å². The van der Waals surface area contributed by atoms with E-state index in [1.165, 1.54) is 6.07 Å². The normalized spacial score (nSPS) is 11.4. The van der Waals surface area contributed by atoms with E-state index in [9.17, 15) is 12.8 Å². The van der Waals surface area contributed by atoms with Crippen LogP contribution in [0.5, 0.6) is 5.75 Å². The minimum Gasteiger partial charge on any atom is -0.490 e. The zero-order chi connectivity index (χ0) is 12.2. The summed E-state index contributed by atoms with van der Waals surface area (Å²) in [6, 6.07) is 4.80. The van der Waals surface area contributed by atoms with Gasteiger partial charge in [0, 0.05) is 10.7 Å². The second kappa shape index (κ2) is 5.50. The van der Waals surface area contributed by atoms with E-state index in [0.29, 0.717) is 5.56 Å². The number of aryl methyl sites for hydroxylation is 1. The van der Waals surface area contributed by atoms with Gasteiger partial charge in [0.25, 0.3) is 0 Å². The molecule has 90 valence electrons. The molecule has 0 heterocycles. The van der Waals surface area contributed by atoms with E-state index in [1.807, 2.05) is 0 Å². The lowest BCUT2D eigenvalue weighted by Gasteiger charge is -2.07. The third-order valence-corrected chi connectivity index (χ3v) is 3.19. The topological polar surface area (TPSA) is 43.4 Å². The van der Waals surface area contributed by atoms with Crippen molar-refractivity contribution in [3.63, 3.8) is 0 Å². The summed E-state index contributed by atoms with van der Waals surface area (Å²) in [5.74, 6) is -0.467. The third kappa shape index (κ3) is 4.37. The van der Waals surface area contributed by atoms with Crippen LogP contribution in [0.3, 0.4) is 0 Å². The SMILES string of the molecule is Cc1cccc(OCCCS(=O)(=O)Cl)c1F. The molecule has 0 saturated carbocycles. The first-order valence-corrected chi connectivity index (χ1v) is 7.18. The highest BCUT2D eigenvalue weighted by Crippen LogP contribution is 2.19. The van der Waals surface area contributed by atoms with Crippen molar-refractivity contribution in [2.24, 2.45) is 0 Å². The number of hydrogen-bond acceptors (Lipinski definition) is 3. The van der Waals surface area contributed by atoms with Gasteiger partial charge >= 0.3 is 0 Å². The molecule has 3 nitrogen and oxygen atoms in total. The first kappa shape index (κ1) is 13.3. The number of hydrogen-bond donors (Lipinski definition) is 0. The molecule has 0 aromatic heterocycles. The molecule has 0 aliphatic carbocycles. The van der Waals surface area contributed by atoms with E-state index in [0.717, 1.165) is 0 Å². The first-order valence-electron chi connectivity index (χ1n) is 4.70. The number of benzene rings is 1. The van der Waals surface area contributed by atoms with Crippen molar-refractivity contribution >= 4 is 19.7 Å². The van der Waals surface area contributed by atoms with Gasteiger partial charge in [-0.2, -0.15) is 0 Å². The second-order valence-electron chi connectivity index (χ2n) is 3.33. The van der Waals surface area contributed by atoms with E-state index < -0.39 is 14.9 Å². The van der Waals surface area contributed by atoms with Gasteiger partial charge in [0.15, 0.2) is 11.6 Å². The quantitative estimate of drug-likeness (QED) is 0.607. The summed E-state index contributed by atoms with van der Waals surface area (Å²) in [7, 11) is 1.52. The minimum absolute atomic E-state index is 0.117. The highest BCUT2D eigenvalue weighted by Gasteiger charge is 2.07. The first-order chi connectivity index (χ1) is 7.40. The highest BCUT2D eigenvalue weighted by atomic mass is 35.7. The maximum Gasteiger partial charge on any atom is 0.232 e. The van der Waals surface area contributed by atoms with Crippen LogP contribution in [-0.4, -0.2) is 20.8 Å². The maximum absolute atomic E-state index is 13.4. The van der Waals surface area contributed by atoms with Crippen LogP contribution in [0.25, 0.3) is 0 Å². The molecule has 0 aliphatic rings. The van der Waals surface area contributed by atoms with Gasteiger partial charge in [0.1, 0.15) is 0 Å². The fourth-order valence-corrected chi connectivity index (χ4v) is 1.94. The molecular weight excluding hydrogens is 255 g/mol. The maximum atomic E-state index is 13.4. The Kier molecular flexibility index (Phi) is 4.56. The average Bonchev–Trinajstić information content (AvgIpc) is 2.17. The largest absolute Gasteiger partial charge is 0.490 e. The van der Waals surface area contributed by atoms with E-state index in [2.05, 4.69) is 0 Å². The Labute approximate surface area is 98.6 Å². The molecule has 16 heavy (non-hydrogen) atoms. The lowest BCUT2D eigenvalue weighted by atomic mass is 10.2. The molecule has 0 atom stereocenters. The Morgan fingerprint density at radius 2 is 2.12 bits per heavy atom. The van der Waals surface area contributed by atoms with Gasteiger partial charge in [-0.3, -0.25) is 0 Å². The summed E-state index contributed by atoms with van der Waals surface area (Å²) in [5.41, 5.74) is 0.488. The van der Waals surface area contributed by atoms with Crippen LogP contribution in [0.2, 0.25) is 0 Å². The Bertz CT molecular complexity index is 459. The van der Waals surface area contributed by atoms with Gasteiger partial charge in [-0.1, -0.05) is 12.1 Å². The average molecular weight is 267 g/mol. The molecule has 1 rings (SSSR count). The van der Waals surface area contributed by atoms with Crippen LogP contribution >= 0.6 is 10.7 Å². The summed E-state index contributed by atoms with van der Waals surface area (Å²) < 4.78 is 39.7. The summed E-state index contributed by atoms with van der Waals surface area (Å²) in [4.78, 5) is 0. The van der Waals surface area contributed by atoms with Crippen molar-refractivity contribution in [3.8, 4) is 5.75 Å². The summed E-state index contributed by atoms with van der Waals surface area (Å²) >= 11 is 0. The van der Waals surface area contributed by atoms with E-state index in [4.69, 9.17) is 15.4 Å². The predicted octanol–water partition coefficient (Wildman–Crippen LogP) is 2.47. The molecule has 0 saturated heterocycles. The fourth-order valence-electron chi connectivity index (χ4n) is 1.15. The van der Waals surface area contributed by atoms with Gasteiger partial charge < -0.3 is 4.74 Å². The van der Waals surface area contributed by atoms with Gasteiger partial charge in [0.2, 0.25) is 9.05 Å². The molecule has 0 bridgehead atoms. The molecule has 0 fully saturated rings. The smallest absolute Gasteiger partial charge is 0.232 e. The van der Waals surface area contributed by atoms with Crippen molar-refractivity contribution in [3.05, 3.63) is 29.6 Å². The molecule has 0 radical (unpaired) electrons. The van der Waals surface area contributed by atoms with Gasteiger partial charge in [-0.25, -0.2) is 12.8 Å². The Morgan fingerprint density at radius 3 is 2.75 bits per heavy atom. The summed E-state index contributed by atoms with van der Waals surface area (Å²) in [5, 5.41) is 0. The predicted molar refractivity (Wildman–Crippen MR) is 60.9 cm³/mol. The lowest BCUT2D eigenvalue weighted by Crippen LogP contribution is -2.05. The fraction of sp³-hybridized carbons (Fsp3) is 0.400. The molecular formula is C10H12ClFO3S. The van der Waals surface area contributed by atoms with Crippen LogP contribution in [0.1, 0.15) is 12.0 Å². The number of rotatable bonds is 5. The van der Waals surface area contributed by atoms with Crippen molar-refractivity contribution in [2.75, 3.05) is 12.4 Å². The molecule has 0 spiro atoms. The third-order valence-electron chi connectivity index (χ3n) is 1.95. The molecule has 0 unspecified atom stereocenters. The minimum atomic E-state index is -3.50. The Balaban J connectivity index is 2.47. The molecule has 0 aliphatic heterocycles. The zero-order valence-electron chi connectivity index (χ0n) is 8.74.